The normalized spacial score (nSPS) is 11.9. The molecule has 0 aliphatic heterocycles. The number of hydrogen-bond acceptors (Lipinski definition) is 6. The summed E-state index contributed by atoms with van der Waals surface area (Å²) in [6.45, 7) is -0.105. The lowest BCUT2D eigenvalue weighted by Gasteiger charge is -2.03. The second kappa shape index (κ2) is 7.76. The summed E-state index contributed by atoms with van der Waals surface area (Å²) in [7, 11) is 1.29. The van der Waals surface area contributed by atoms with Gasteiger partial charge in [-0.05, 0) is 30.3 Å². The fraction of sp³-hybridized carbons (Fsp3) is 0.100. The number of halogens is 1. The highest BCUT2D eigenvalue weighted by atomic mass is 79.9. The molecule has 0 spiro atoms. The highest BCUT2D eigenvalue weighted by Crippen LogP contribution is 2.22. The lowest BCUT2D eigenvalue weighted by Crippen LogP contribution is -2.22. The van der Waals surface area contributed by atoms with Gasteiger partial charge in [0.25, 0.3) is 0 Å². The Morgan fingerprint density at radius 2 is 2.00 bits per heavy atom. The van der Waals surface area contributed by atoms with Gasteiger partial charge in [0.05, 0.1) is 22.7 Å². The first kappa shape index (κ1) is 19.3. The number of hydrogen-bond donors (Lipinski definition) is 0. The van der Waals surface area contributed by atoms with Crippen molar-refractivity contribution in [2.24, 2.45) is 4.99 Å². The zero-order valence-corrected chi connectivity index (χ0v) is 17.5. The van der Waals surface area contributed by atoms with Crippen LogP contribution in [0, 0.1) is 0 Å². The maximum absolute atomic E-state index is 12.7. The van der Waals surface area contributed by atoms with Gasteiger partial charge in [-0.2, -0.15) is 4.99 Å². The van der Waals surface area contributed by atoms with Crippen molar-refractivity contribution in [2.45, 2.75) is 6.54 Å². The molecule has 2 aromatic heterocycles. The third-order valence-corrected chi connectivity index (χ3v) is 5.74. The molecule has 0 N–H and O–H groups in total. The molecule has 2 aromatic carbocycles. The van der Waals surface area contributed by atoms with Crippen LogP contribution < -0.4 is 10.2 Å². The molecule has 146 valence electrons. The van der Waals surface area contributed by atoms with Crippen LogP contribution in [-0.2, 0) is 16.1 Å². The zero-order valence-electron chi connectivity index (χ0n) is 15.0. The van der Waals surface area contributed by atoms with Gasteiger partial charge in [0, 0.05) is 10.5 Å². The molecule has 0 saturated carbocycles. The maximum atomic E-state index is 12.7. The summed E-state index contributed by atoms with van der Waals surface area (Å²) in [4.78, 5) is 41.3. The summed E-state index contributed by atoms with van der Waals surface area (Å²) in [6.07, 6.45) is 0. The highest BCUT2D eigenvalue weighted by molar-refractivity contribution is 9.10. The van der Waals surface area contributed by atoms with Gasteiger partial charge in [0.15, 0.2) is 16.0 Å². The molecule has 0 radical (unpaired) electrons. The number of rotatable bonds is 3. The summed E-state index contributed by atoms with van der Waals surface area (Å²) in [5.74, 6) is -1.35. The lowest BCUT2D eigenvalue weighted by molar-refractivity contribution is -0.141. The van der Waals surface area contributed by atoms with Crippen LogP contribution >= 0.6 is 27.3 Å². The number of esters is 1. The largest absolute Gasteiger partial charge is 0.468 e. The molecule has 2 heterocycles. The number of thiazole rings is 1. The molecule has 0 aliphatic rings. The molecular weight excluding hydrogens is 460 g/mol. The van der Waals surface area contributed by atoms with Crippen molar-refractivity contribution in [3.05, 3.63) is 73.8 Å². The first-order valence-electron chi connectivity index (χ1n) is 8.44. The van der Waals surface area contributed by atoms with Crippen LogP contribution in [0.15, 0.2) is 67.2 Å². The van der Waals surface area contributed by atoms with Crippen molar-refractivity contribution in [3.63, 3.8) is 0 Å². The molecule has 0 bridgehead atoms. The minimum Gasteiger partial charge on any atom is -0.468 e. The van der Waals surface area contributed by atoms with E-state index in [1.807, 2.05) is 18.2 Å². The Morgan fingerprint density at radius 3 is 2.79 bits per heavy atom. The van der Waals surface area contributed by atoms with Gasteiger partial charge in [0.2, 0.25) is 0 Å². The van der Waals surface area contributed by atoms with Crippen LogP contribution in [0.4, 0.5) is 0 Å². The third kappa shape index (κ3) is 3.79. The van der Waals surface area contributed by atoms with Crippen molar-refractivity contribution < 1.29 is 18.7 Å². The Bertz CT molecular complexity index is 1400. The van der Waals surface area contributed by atoms with Gasteiger partial charge in [-0.15, -0.1) is 0 Å². The second-order valence-corrected chi connectivity index (χ2v) is 7.97. The number of nitrogens with zero attached hydrogens (tertiary/aromatic N) is 2. The minimum absolute atomic E-state index is 0.105. The predicted molar refractivity (Wildman–Crippen MR) is 112 cm³/mol. The molecule has 0 fully saturated rings. The number of aromatic nitrogens is 1. The summed E-state index contributed by atoms with van der Waals surface area (Å²) in [6, 6.07) is 13.3. The number of carbonyl (C=O) groups is 2. The molecule has 0 unspecified atom stereocenters. The Kier molecular flexibility index (Phi) is 5.16. The van der Waals surface area contributed by atoms with Gasteiger partial charge in [-0.3, -0.25) is 14.4 Å². The third-order valence-electron chi connectivity index (χ3n) is 4.20. The fourth-order valence-electron chi connectivity index (χ4n) is 2.83. The maximum Gasteiger partial charge on any atom is 0.325 e. The van der Waals surface area contributed by atoms with E-state index in [-0.39, 0.29) is 17.7 Å². The number of ether oxygens (including phenoxy) is 1. The SMILES string of the molecule is COC(=O)Cn1c(=NC(=O)c2cc(=O)c3ccccc3o2)sc2cc(Br)ccc21. The van der Waals surface area contributed by atoms with E-state index < -0.39 is 11.9 Å². The van der Waals surface area contributed by atoms with Gasteiger partial charge in [0.1, 0.15) is 12.1 Å². The zero-order chi connectivity index (χ0) is 20.5. The smallest absolute Gasteiger partial charge is 0.325 e. The number of methoxy groups -OCH3 is 1. The van der Waals surface area contributed by atoms with Gasteiger partial charge in [-0.1, -0.05) is 39.4 Å². The highest BCUT2D eigenvalue weighted by Gasteiger charge is 2.15. The van der Waals surface area contributed by atoms with Crippen molar-refractivity contribution in [2.75, 3.05) is 7.11 Å². The van der Waals surface area contributed by atoms with E-state index in [1.165, 1.54) is 18.4 Å². The van der Waals surface area contributed by atoms with Gasteiger partial charge < -0.3 is 13.7 Å². The van der Waals surface area contributed by atoms with Gasteiger partial charge >= 0.3 is 11.9 Å². The lowest BCUT2D eigenvalue weighted by atomic mass is 10.2. The first-order chi connectivity index (χ1) is 14.0. The Labute approximate surface area is 176 Å². The molecule has 0 saturated heterocycles. The molecule has 0 aliphatic carbocycles. The summed E-state index contributed by atoms with van der Waals surface area (Å²) in [5.41, 5.74) is 0.712. The molecule has 1 amide bonds. The van der Waals surface area contributed by atoms with E-state index in [9.17, 15) is 14.4 Å². The van der Waals surface area contributed by atoms with E-state index >= 15 is 0 Å². The van der Waals surface area contributed by atoms with E-state index in [0.29, 0.717) is 15.8 Å². The van der Waals surface area contributed by atoms with E-state index in [0.717, 1.165) is 20.8 Å². The molecule has 7 nitrogen and oxygen atoms in total. The van der Waals surface area contributed by atoms with Crippen molar-refractivity contribution >= 4 is 60.3 Å². The Morgan fingerprint density at radius 1 is 1.21 bits per heavy atom. The minimum atomic E-state index is -0.711. The molecule has 4 aromatic rings. The number of carbonyl (C=O) groups excluding carboxylic acids is 2. The van der Waals surface area contributed by atoms with E-state index in [4.69, 9.17) is 9.15 Å². The van der Waals surface area contributed by atoms with Crippen LogP contribution in [0.5, 0.6) is 0 Å². The Hall–Kier alpha value is -3.04. The number of benzene rings is 2. The summed E-state index contributed by atoms with van der Waals surface area (Å²) < 4.78 is 13.6. The van der Waals surface area contributed by atoms with Crippen LogP contribution in [0.1, 0.15) is 10.6 Å². The standard InChI is InChI=1S/C20H13BrN2O5S/c1-27-18(25)10-23-13-7-6-11(21)8-17(13)29-20(23)22-19(26)16-9-14(24)12-4-2-3-5-15(12)28-16/h2-9H,10H2,1H3. The second-order valence-electron chi connectivity index (χ2n) is 6.05. The molecule has 4 rings (SSSR count). The number of amides is 1. The Balaban J connectivity index is 1.87. The monoisotopic (exact) mass is 472 g/mol. The number of fused-ring (bicyclic) bond motifs is 2. The quantitative estimate of drug-likeness (QED) is 0.425. The van der Waals surface area contributed by atoms with Crippen LogP contribution in [0.2, 0.25) is 0 Å². The van der Waals surface area contributed by atoms with E-state index in [2.05, 4.69) is 20.9 Å². The predicted octanol–water partition coefficient (Wildman–Crippen LogP) is 3.49. The van der Waals surface area contributed by atoms with Gasteiger partial charge in [-0.25, -0.2) is 0 Å². The van der Waals surface area contributed by atoms with Crippen LogP contribution in [0.25, 0.3) is 21.2 Å². The summed E-state index contributed by atoms with van der Waals surface area (Å²) >= 11 is 4.65. The van der Waals surface area contributed by atoms with Crippen LogP contribution in [-0.4, -0.2) is 23.6 Å². The fourth-order valence-corrected chi connectivity index (χ4v) is 4.41. The molecule has 0 atom stereocenters. The molecular formula is C20H13BrN2O5S. The average molecular weight is 473 g/mol. The average Bonchev–Trinajstić information content (AvgIpc) is 3.03. The van der Waals surface area contributed by atoms with Crippen molar-refractivity contribution in [1.29, 1.82) is 0 Å². The van der Waals surface area contributed by atoms with Crippen molar-refractivity contribution in [1.82, 2.24) is 4.57 Å². The molecule has 9 heteroatoms. The van der Waals surface area contributed by atoms with E-state index in [1.54, 1.807) is 28.8 Å². The van der Waals surface area contributed by atoms with Crippen molar-refractivity contribution in [3.8, 4) is 0 Å². The topological polar surface area (TPSA) is 90.9 Å². The molecule has 29 heavy (non-hydrogen) atoms. The summed E-state index contributed by atoms with van der Waals surface area (Å²) in [5, 5.41) is 0.386. The first-order valence-corrected chi connectivity index (χ1v) is 10.0. The van der Waals surface area contributed by atoms with Crippen LogP contribution in [0.3, 0.4) is 0 Å². The number of para-hydroxylation sites is 1.